The van der Waals surface area contributed by atoms with E-state index in [4.69, 9.17) is 9.52 Å². The van der Waals surface area contributed by atoms with Gasteiger partial charge in [0.2, 0.25) is 0 Å². The first-order valence-corrected chi connectivity index (χ1v) is 5.22. The van der Waals surface area contributed by atoms with E-state index in [2.05, 4.69) is 10.3 Å². The van der Waals surface area contributed by atoms with Crippen molar-refractivity contribution in [3.63, 3.8) is 0 Å². The van der Waals surface area contributed by atoms with Crippen molar-refractivity contribution in [2.75, 3.05) is 5.32 Å². The second kappa shape index (κ2) is 5.18. The second-order valence-corrected chi connectivity index (χ2v) is 3.58. The van der Waals surface area contributed by atoms with Crippen molar-refractivity contribution in [1.82, 2.24) is 4.98 Å². The van der Waals surface area contributed by atoms with Gasteiger partial charge >= 0.3 is 11.9 Å². The number of pyridine rings is 1. The lowest BCUT2D eigenvalue weighted by atomic mass is 10.2. The van der Waals surface area contributed by atoms with Crippen molar-refractivity contribution in [2.45, 2.75) is 0 Å². The molecular weight excluding hydrogens is 270 g/mol. The quantitative estimate of drug-likeness (QED) is 0.638. The zero-order valence-electron chi connectivity index (χ0n) is 9.77. The molecule has 0 aromatic carbocycles. The number of aromatic nitrogens is 1. The van der Waals surface area contributed by atoms with Crippen molar-refractivity contribution in [3.8, 4) is 0 Å². The van der Waals surface area contributed by atoms with Crippen LogP contribution in [0.4, 0.5) is 11.6 Å². The summed E-state index contributed by atoms with van der Waals surface area (Å²) < 4.78 is 4.70. The van der Waals surface area contributed by atoms with E-state index in [-0.39, 0.29) is 17.0 Å². The number of hydrogen-bond donors (Lipinski definition) is 2. The molecule has 2 N–H and O–H groups in total. The van der Waals surface area contributed by atoms with Crippen LogP contribution in [-0.4, -0.2) is 26.9 Å². The molecule has 0 unspecified atom stereocenters. The number of nitrogens with one attached hydrogen (secondary N) is 1. The maximum absolute atomic E-state index is 11.8. The second-order valence-electron chi connectivity index (χ2n) is 3.58. The lowest BCUT2D eigenvalue weighted by Gasteiger charge is -2.05. The molecule has 2 rings (SSSR count). The molecule has 0 aliphatic rings. The highest BCUT2D eigenvalue weighted by Gasteiger charge is 2.19. The first-order chi connectivity index (χ1) is 9.49. The maximum Gasteiger partial charge on any atom is 0.433 e. The van der Waals surface area contributed by atoms with Crippen LogP contribution in [0.2, 0.25) is 0 Å². The average molecular weight is 277 g/mol. The zero-order chi connectivity index (χ0) is 14.7. The van der Waals surface area contributed by atoms with E-state index in [0.717, 1.165) is 18.3 Å². The number of carboxylic acid groups (broad SMARTS) is 1. The third-order valence-electron chi connectivity index (χ3n) is 2.30. The van der Waals surface area contributed by atoms with Crippen molar-refractivity contribution in [2.24, 2.45) is 0 Å². The average Bonchev–Trinajstić information content (AvgIpc) is 2.89. The molecule has 0 atom stereocenters. The van der Waals surface area contributed by atoms with Crippen LogP contribution < -0.4 is 5.32 Å². The van der Waals surface area contributed by atoms with E-state index in [9.17, 15) is 19.7 Å². The zero-order valence-corrected chi connectivity index (χ0v) is 9.77. The molecule has 2 aromatic rings. The summed E-state index contributed by atoms with van der Waals surface area (Å²) in [6, 6.07) is 3.35. The predicted molar refractivity (Wildman–Crippen MR) is 64.5 cm³/mol. The maximum atomic E-state index is 11.8. The molecule has 0 spiro atoms. The molecule has 0 aliphatic heterocycles. The van der Waals surface area contributed by atoms with Gasteiger partial charge in [0.15, 0.2) is 5.76 Å². The summed E-state index contributed by atoms with van der Waals surface area (Å²) in [5.74, 6) is -2.95. The molecule has 0 fully saturated rings. The third-order valence-corrected chi connectivity index (χ3v) is 2.30. The smallest absolute Gasteiger partial charge is 0.433 e. The molecule has 9 heteroatoms. The Morgan fingerprint density at radius 3 is 2.70 bits per heavy atom. The predicted octanol–water partition coefficient (Wildman–Crippen LogP) is 1.53. The number of amides is 1. The van der Waals surface area contributed by atoms with E-state index in [1.807, 2.05) is 0 Å². The van der Waals surface area contributed by atoms with E-state index < -0.39 is 22.7 Å². The Labute approximate surface area is 111 Å². The number of nitrogens with zero attached hydrogens (tertiary/aromatic N) is 2. The minimum atomic E-state index is -1.24. The van der Waals surface area contributed by atoms with E-state index in [1.165, 1.54) is 12.3 Å². The Hall–Kier alpha value is -3.23. The lowest BCUT2D eigenvalue weighted by molar-refractivity contribution is -0.402. The molecule has 1 amide bonds. The number of aromatic carboxylic acids is 1. The summed E-state index contributed by atoms with van der Waals surface area (Å²) in [7, 11) is 0. The van der Waals surface area contributed by atoms with E-state index >= 15 is 0 Å². The van der Waals surface area contributed by atoms with E-state index in [0.29, 0.717) is 0 Å². The van der Waals surface area contributed by atoms with Gasteiger partial charge in [0.25, 0.3) is 5.91 Å². The summed E-state index contributed by atoms with van der Waals surface area (Å²) in [6.45, 7) is 0. The van der Waals surface area contributed by atoms with Crippen LogP contribution in [0.25, 0.3) is 0 Å². The largest absolute Gasteiger partial charge is 0.478 e. The number of carbonyl (C=O) groups excluding carboxylic acids is 1. The Balaban J connectivity index is 2.23. The molecule has 2 heterocycles. The van der Waals surface area contributed by atoms with Gasteiger partial charge in [0.1, 0.15) is 4.92 Å². The Morgan fingerprint density at radius 2 is 2.10 bits per heavy atom. The van der Waals surface area contributed by atoms with Crippen LogP contribution in [0.3, 0.4) is 0 Å². The molecule has 102 valence electrons. The number of carboxylic acids is 1. The number of furan rings is 1. The normalized spacial score (nSPS) is 10.0. The summed E-state index contributed by atoms with van der Waals surface area (Å²) in [5.41, 5.74) is -0.196. The van der Waals surface area contributed by atoms with Gasteiger partial charge in [-0.05, 0) is 12.1 Å². The summed E-state index contributed by atoms with van der Waals surface area (Å²) >= 11 is 0. The monoisotopic (exact) mass is 277 g/mol. The molecule has 0 bridgehead atoms. The van der Waals surface area contributed by atoms with Gasteiger partial charge in [-0.1, -0.05) is 0 Å². The van der Waals surface area contributed by atoms with Crippen LogP contribution in [0.15, 0.2) is 35.0 Å². The van der Waals surface area contributed by atoms with Crippen molar-refractivity contribution < 1.29 is 24.0 Å². The van der Waals surface area contributed by atoms with Gasteiger partial charge in [-0.3, -0.25) is 19.9 Å². The first-order valence-electron chi connectivity index (χ1n) is 5.22. The fraction of sp³-hybridized carbons (Fsp3) is 0. The molecule has 2 aromatic heterocycles. The SMILES string of the molecule is O=C(Nc1cnccc1C(=O)O)c1ccc([N+](=O)[O-])o1. The molecule has 0 aliphatic carbocycles. The molecule has 0 radical (unpaired) electrons. The Kier molecular flexibility index (Phi) is 3.42. The highest BCUT2D eigenvalue weighted by Crippen LogP contribution is 2.18. The van der Waals surface area contributed by atoms with E-state index in [1.54, 1.807) is 0 Å². The van der Waals surface area contributed by atoms with Gasteiger partial charge < -0.3 is 14.8 Å². The lowest BCUT2D eigenvalue weighted by Crippen LogP contribution is -2.14. The van der Waals surface area contributed by atoms with Crippen LogP contribution >= 0.6 is 0 Å². The van der Waals surface area contributed by atoms with Crippen LogP contribution in [-0.2, 0) is 0 Å². The minimum absolute atomic E-state index is 0.0379. The standard InChI is InChI=1S/C11H7N3O6/c15-10(8-1-2-9(20-8)14(18)19)13-7-5-12-4-3-6(7)11(16)17/h1-5H,(H,13,15)(H,16,17). The fourth-order valence-corrected chi connectivity index (χ4v) is 1.41. The number of carbonyl (C=O) groups is 2. The summed E-state index contributed by atoms with van der Waals surface area (Å²) in [5, 5.41) is 21.6. The van der Waals surface area contributed by atoms with Crippen LogP contribution in [0, 0.1) is 10.1 Å². The minimum Gasteiger partial charge on any atom is -0.478 e. The molecule has 0 saturated carbocycles. The first kappa shape index (κ1) is 13.2. The highest BCUT2D eigenvalue weighted by molar-refractivity contribution is 6.06. The highest BCUT2D eigenvalue weighted by atomic mass is 16.6. The Bertz CT molecular complexity index is 693. The summed E-state index contributed by atoms with van der Waals surface area (Å²) in [4.78, 5) is 36.1. The van der Waals surface area contributed by atoms with Crippen molar-refractivity contribution in [3.05, 3.63) is 52.0 Å². The number of rotatable bonds is 4. The van der Waals surface area contributed by atoms with Crippen LogP contribution in [0.1, 0.15) is 20.9 Å². The van der Waals surface area contributed by atoms with Gasteiger partial charge in [-0.25, -0.2) is 4.79 Å². The molecule has 9 nitrogen and oxygen atoms in total. The number of hydrogen-bond acceptors (Lipinski definition) is 6. The van der Waals surface area contributed by atoms with Crippen LogP contribution in [0.5, 0.6) is 0 Å². The number of nitro groups is 1. The molecular formula is C11H7N3O6. The van der Waals surface area contributed by atoms with Gasteiger partial charge in [-0.2, -0.15) is 0 Å². The Morgan fingerprint density at radius 1 is 1.35 bits per heavy atom. The van der Waals surface area contributed by atoms with Crippen molar-refractivity contribution >= 4 is 23.4 Å². The van der Waals surface area contributed by atoms with Crippen molar-refractivity contribution in [1.29, 1.82) is 0 Å². The van der Waals surface area contributed by atoms with Gasteiger partial charge in [-0.15, -0.1) is 0 Å². The van der Waals surface area contributed by atoms with Gasteiger partial charge in [0.05, 0.1) is 23.5 Å². The van der Waals surface area contributed by atoms with Gasteiger partial charge in [0, 0.05) is 6.20 Å². The summed E-state index contributed by atoms with van der Waals surface area (Å²) in [6.07, 6.45) is 2.41. The topological polar surface area (TPSA) is 136 Å². The third kappa shape index (κ3) is 2.61. The molecule has 20 heavy (non-hydrogen) atoms. The number of anilines is 1. The molecule has 0 saturated heterocycles. The fourth-order valence-electron chi connectivity index (χ4n) is 1.41.